The predicted octanol–water partition coefficient (Wildman–Crippen LogP) is 5.16. The van der Waals surface area contributed by atoms with Gasteiger partial charge in [-0.2, -0.15) is 27.9 Å². The lowest BCUT2D eigenvalue weighted by atomic mass is 10.1. The molecule has 3 aromatic rings. The standard InChI is InChI=1S/C27H31F3N8O/c1-6-31-24(14-19(3)32-12-13-37(4)5)38-26(33-17-34-38)36-23-16-22(11-10-18(23)2)35-25(39)20-8-7-9-21(15-20)27(28,29)30/h6-11,14-17,32H,3,12-13H2,1-2,4-5H3,(H,35,39)(H,33,34,36)/b24-14+,31-6-. The molecule has 1 amide bonds. The third-order valence-electron chi connectivity index (χ3n) is 5.43. The normalized spacial score (nSPS) is 12.2. The number of nitrogens with zero attached hydrogens (tertiary/aromatic N) is 5. The lowest BCUT2D eigenvalue weighted by Gasteiger charge is -2.14. The van der Waals surface area contributed by atoms with Gasteiger partial charge in [0.25, 0.3) is 5.91 Å². The van der Waals surface area contributed by atoms with Crippen LogP contribution >= 0.6 is 0 Å². The van der Waals surface area contributed by atoms with E-state index in [1.807, 2.05) is 25.9 Å². The lowest BCUT2D eigenvalue weighted by molar-refractivity contribution is -0.137. The third-order valence-corrected chi connectivity index (χ3v) is 5.43. The van der Waals surface area contributed by atoms with E-state index in [1.54, 1.807) is 37.4 Å². The molecular weight excluding hydrogens is 509 g/mol. The second-order valence-electron chi connectivity index (χ2n) is 8.83. The van der Waals surface area contributed by atoms with Gasteiger partial charge in [0.2, 0.25) is 5.95 Å². The van der Waals surface area contributed by atoms with Gasteiger partial charge in [0.1, 0.15) is 6.33 Å². The van der Waals surface area contributed by atoms with Crippen molar-refractivity contribution in [3.05, 3.63) is 83.8 Å². The van der Waals surface area contributed by atoms with E-state index in [9.17, 15) is 18.0 Å². The van der Waals surface area contributed by atoms with Crippen molar-refractivity contribution in [1.82, 2.24) is 25.0 Å². The number of hydrogen-bond donors (Lipinski definition) is 3. The Morgan fingerprint density at radius 1 is 1.21 bits per heavy atom. The molecule has 0 fully saturated rings. The van der Waals surface area contributed by atoms with Gasteiger partial charge in [0, 0.05) is 48.0 Å². The summed E-state index contributed by atoms with van der Waals surface area (Å²) in [4.78, 5) is 23.4. The maximum Gasteiger partial charge on any atom is 0.416 e. The number of halogens is 3. The smallest absolute Gasteiger partial charge is 0.384 e. The van der Waals surface area contributed by atoms with Gasteiger partial charge in [0.15, 0.2) is 5.82 Å². The van der Waals surface area contributed by atoms with E-state index in [1.165, 1.54) is 23.1 Å². The number of amides is 1. The zero-order valence-corrected chi connectivity index (χ0v) is 22.2. The van der Waals surface area contributed by atoms with E-state index >= 15 is 0 Å². The zero-order valence-electron chi connectivity index (χ0n) is 22.2. The zero-order chi connectivity index (χ0) is 28.6. The highest BCUT2D eigenvalue weighted by Crippen LogP contribution is 2.30. The molecule has 1 heterocycles. The highest BCUT2D eigenvalue weighted by molar-refractivity contribution is 6.04. The van der Waals surface area contributed by atoms with Gasteiger partial charge in [-0.1, -0.05) is 18.7 Å². The van der Waals surface area contributed by atoms with E-state index in [4.69, 9.17) is 0 Å². The van der Waals surface area contributed by atoms with Crippen molar-refractivity contribution in [3.63, 3.8) is 0 Å². The Kier molecular flexibility index (Phi) is 9.61. The van der Waals surface area contributed by atoms with E-state index in [0.29, 0.717) is 35.4 Å². The molecule has 2 aromatic carbocycles. The molecule has 0 unspecified atom stereocenters. The van der Waals surface area contributed by atoms with Gasteiger partial charge in [-0.15, -0.1) is 0 Å². The Labute approximate surface area is 225 Å². The van der Waals surface area contributed by atoms with Crippen LogP contribution in [-0.4, -0.2) is 59.0 Å². The third kappa shape index (κ3) is 8.27. The summed E-state index contributed by atoms with van der Waals surface area (Å²) in [5.74, 6) is 0.158. The molecule has 1 aromatic heterocycles. The number of allylic oxidation sites excluding steroid dienone is 1. The molecule has 9 nitrogen and oxygen atoms in total. The van der Waals surface area contributed by atoms with Crippen molar-refractivity contribution < 1.29 is 18.0 Å². The van der Waals surface area contributed by atoms with E-state index < -0.39 is 17.6 Å². The Hall–Kier alpha value is -4.45. The quantitative estimate of drug-likeness (QED) is 0.230. The number of alkyl halides is 3. The first-order valence-corrected chi connectivity index (χ1v) is 12.0. The van der Waals surface area contributed by atoms with Crippen molar-refractivity contribution in [2.45, 2.75) is 20.0 Å². The van der Waals surface area contributed by atoms with E-state index in [2.05, 4.69) is 37.6 Å². The number of aliphatic imine (C=N–C) groups is 1. The number of benzene rings is 2. The Morgan fingerprint density at radius 3 is 2.67 bits per heavy atom. The highest BCUT2D eigenvalue weighted by atomic mass is 19.4. The van der Waals surface area contributed by atoms with Gasteiger partial charge in [-0.05, 0) is 63.8 Å². The SMILES string of the molecule is C=C(/C=C(\N=C/C)n1ncnc1Nc1cc(NC(=O)c2cccc(C(F)(F)F)c2)ccc1C)NCCN(C)C. The molecule has 0 saturated heterocycles. The largest absolute Gasteiger partial charge is 0.416 e. The summed E-state index contributed by atoms with van der Waals surface area (Å²) in [5.41, 5.74) is 1.47. The van der Waals surface area contributed by atoms with Gasteiger partial charge >= 0.3 is 6.18 Å². The Balaban J connectivity index is 1.81. The first-order chi connectivity index (χ1) is 18.5. The fourth-order valence-electron chi connectivity index (χ4n) is 3.42. The fourth-order valence-corrected chi connectivity index (χ4v) is 3.42. The average molecular weight is 541 g/mol. The number of aryl methyl sites for hydroxylation is 1. The number of carbonyl (C=O) groups excluding carboxylic acids is 1. The van der Waals surface area contributed by atoms with Crippen molar-refractivity contribution in [1.29, 1.82) is 0 Å². The summed E-state index contributed by atoms with van der Waals surface area (Å²) < 4.78 is 40.7. The summed E-state index contributed by atoms with van der Waals surface area (Å²) in [6, 6.07) is 9.34. The number of likely N-dealkylation sites (N-methyl/N-ethyl adjacent to an activating group) is 1. The van der Waals surface area contributed by atoms with Crippen LogP contribution in [0.5, 0.6) is 0 Å². The molecule has 0 aliphatic rings. The minimum atomic E-state index is -4.54. The van der Waals surface area contributed by atoms with Gasteiger partial charge in [-0.25, -0.2) is 4.99 Å². The maximum atomic E-state index is 13.1. The second kappa shape index (κ2) is 12.9. The topological polar surface area (TPSA) is 99.5 Å². The van der Waals surface area contributed by atoms with Gasteiger partial charge in [0.05, 0.1) is 5.56 Å². The van der Waals surface area contributed by atoms with Crippen LogP contribution in [-0.2, 0) is 6.18 Å². The number of anilines is 3. The van der Waals surface area contributed by atoms with Crippen molar-refractivity contribution >= 4 is 35.3 Å². The number of nitrogens with one attached hydrogen (secondary N) is 3. The molecular formula is C27H31F3N8O. The molecule has 0 saturated carbocycles. The van der Waals surface area contributed by atoms with Crippen LogP contribution in [0.1, 0.15) is 28.4 Å². The summed E-state index contributed by atoms with van der Waals surface area (Å²) in [6.07, 6.45) is 0.197. The molecule has 0 spiro atoms. The van der Waals surface area contributed by atoms with E-state index in [-0.39, 0.29) is 5.56 Å². The summed E-state index contributed by atoms with van der Waals surface area (Å²) >= 11 is 0. The van der Waals surface area contributed by atoms with Crippen molar-refractivity contribution in [2.24, 2.45) is 4.99 Å². The summed E-state index contributed by atoms with van der Waals surface area (Å²) in [5, 5.41) is 13.3. The number of hydrogen-bond acceptors (Lipinski definition) is 7. The summed E-state index contributed by atoms with van der Waals surface area (Å²) in [7, 11) is 3.96. The van der Waals surface area contributed by atoms with Gasteiger partial charge < -0.3 is 20.9 Å². The molecule has 0 aliphatic carbocycles. The average Bonchev–Trinajstić information content (AvgIpc) is 3.33. The molecule has 0 radical (unpaired) electrons. The summed E-state index contributed by atoms with van der Waals surface area (Å²) in [6.45, 7) is 9.20. The Morgan fingerprint density at radius 2 is 1.97 bits per heavy atom. The van der Waals surface area contributed by atoms with Crippen molar-refractivity contribution in [2.75, 3.05) is 37.8 Å². The molecule has 3 N–H and O–H groups in total. The fraction of sp³-hybridized carbons (Fsp3) is 0.259. The number of aromatic nitrogens is 3. The molecule has 0 atom stereocenters. The molecule has 12 heteroatoms. The molecule has 39 heavy (non-hydrogen) atoms. The van der Waals surface area contributed by atoms with Crippen molar-refractivity contribution in [3.8, 4) is 0 Å². The van der Waals surface area contributed by atoms with Crippen LogP contribution in [0, 0.1) is 6.92 Å². The van der Waals surface area contributed by atoms with Crippen LogP contribution in [0.2, 0.25) is 0 Å². The first kappa shape index (κ1) is 29.1. The number of rotatable bonds is 11. The minimum Gasteiger partial charge on any atom is -0.384 e. The van der Waals surface area contributed by atoms with Crippen LogP contribution in [0.4, 0.5) is 30.5 Å². The number of carbonyl (C=O) groups is 1. The van der Waals surface area contributed by atoms with E-state index in [0.717, 1.165) is 24.2 Å². The van der Waals surface area contributed by atoms with Crippen LogP contribution < -0.4 is 16.0 Å². The Bertz CT molecular complexity index is 1380. The predicted molar refractivity (Wildman–Crippen MR) is 148 cm³/mol. The monoisotopic (exact) mass is 540 g/mol. The maximum absolute atomic E-state index is 13.1. The molecule has 206 valence electrons. The highest BCUT2D eigenvalue weighted by Gasteiger charge is 2.30. The van der Waals surface area contributed by atoms with Gasteiger partial charge in [-0.3, -0.25) is 4.79 Å². The minimum absolute atomic E-state index is 0.105. The molecule has 0 aliphatic heterocycles. The second-order valence-corrected chi connectivity index (χ2v) is 8.83. The van der Waals surface area contributed by atoms with Crippen LogP contribution in [0.25, 0.3) is 5.82 Å². The van der Waals surface area contributed by atoms with Crippen LogP contribution in [0.15, 0.2) is 72.1 Å². The first-order valence-electron chi connectivity index (χ1n) is 12.0. The van der Waals surface area contributed by atoms with Crippen LogP contribution in [0.3, 0.4) is 0 Å². The molecule has 3 rings (SSSR count). The molecule has 0 bridgehead atoms. The lowest BCUT2D eigenvalue weighted by Crippen LogP contribution is -2.25.